The molecule has 3 rings (SSSR count). The van der Waals surface area contributed by atoms with Gasteiger partial charge < -0.3 is 14.8 Å². The Hall–Kier alpha value is -1.75. The molecule has 0 saturated heterocycles. The van der Waals surface area contributed by atoms with Crippen LogP contribution in [0.3, 0.4) is 0 Å². The van der Waals surface area contributed by atoms with Crippen LogP contribution in [0.4, 0.5) is 5.13 Å². The summed E-state index contributed by atoms with van der Waals surface area (Å²) in [6.45, 7) is 5.45. The maximum atomic E-state index is 5.82. The summed E-state index contributed by atoms with van der Waals surface area (Å²) in [6.07, 6.45) is 3.00. The van der Waals surface area contributed by atoms with E-state index in [4.69, 9.17) is 9.47 Å². The summed E-state index contributed by atoms with van der Waals surface area (Å²) in [5.41, 5.74) is 2.34. The van der Waals surface area contributed by atoms with E-state index in [2.05, 4.69) is 29.4 Å². The van der Waals surface area contributed by atoms with E-state index in [1.807, 2.05) is 12.3 Å². The highest BCUT2D eigenvalue weighted by atomic mass is 32.1. The largest absolute Gasteiger partial charge is 0.494 e. The molecule has 1 aromatic heterocycles. The molecule has 1 aliphatic heterocycles. The van der Waals surface area contributed by atoms with Gasteiger partial charge in [0.1, 0.15) is 17.6 Å². The van der Waals surface area contributed by atoms with Gasteiger partial charge in [-0.3, -0.25) is 0 Å². The number of hydrogen-bond acceptors (Lipinski definition) is 5. The van der Waals surface area contributed by atoms with E-state index in [9.17, 15) is 0 Å². The van der Waals surface area contributed by atoms with Gasteiger partial charge >= 0.3 is 0 Å². The van der Waals surface area contributed by atoms with Crippen LogP contribution in [0.1, 0.15) is 25.0 Å². The van der Waals surface area contributed by atoms with E-state index in [-0.39, 0.29) is 6.10 Å². The number of nitrogens with zero attached hydrogens (tertiary/aromatic N) is 1. The molecule has 1 aliphatic rings. The van der Waals surface area contributed by atoms with Crippen LogP contribution in [0.15, 0.2) is 23.7 Å². The van der Waals surface area contributed by atoms with E-state index in [0.29, 0.717) is 13.2 Å². The second-order valence-electron chi connectivity index (χ2n) is 4.82. The fraction of sp³-hybridized carbons (Fsp3) is 0.400. The molecule has 0 fully saturated rings. The SMILES string of the molecule is CCOc1cc2c(cc1CNc1nccs1)OC(C)C2. The molecule has 1 N–H and O–H groups in total. The quantitative estimate of drug-likeness (QED) is 0.915. The fourth-order valence-electron chi connectivity index (χ4n) is 2.39. The van der Waals surface area contributed by atoms with Crippen LogP contribution in [-0.2, 0) is 13.0 Å². The van der Waals surface area contributed by atoms with Gasteiger partial charge in [-0.15, -0.1) is 11.3 Å². The number of nitrogens with one attached hydrogen (secondary N) is 1. The molecule has 0 radical (unpaired) electrons. The van der Waals surface area contributed by atoms with Gasteiger partial charge in [0.15, 0.2) is 5.13 Å². The molecule has 5 heteroatoms. The van der Waals surface area contributed by atoms with E-state index >= 15 is 0 Å². The molecule has 1 unspecified atom stereocenters. The number of hydrogen-bond donors (Lipinski definition) is 1. The summed E-state index contributed by atoms with van der Waals surface area (Å²) >= 11 is 1.59. The maximum absolute atomic E-state index is 5.82. The van der Waals surface area contributed by atoms with E-state index in [1.54, 1.807) is 17.5 Å². The fourth-order valence-corrected chi connectivity index (χ4v) is 2.92. The van der Waals surface area contributed by atoms with Gasteiger partial charge in [0.25, 0.3) is 0 Å². The van der Waals surface area contributed by atoms with Crippen LogP contribution in [-0.4, -0.2) is 17.7 Å². The van der Waals surface area contributed by atoms with Gasteiger partial charge in [0, 0.05) is 35.7 Å². The zero-order valence-corrected chi connectivity index (χ0v) is 12.5. The molecule has 1 atom stereocenters. The molecular weight excluding hydrogens is 272 g/mol. The minimum Gasteiger partial charge on any atom is -0.494 e. The minimum absolute atomic E-state index is 0.252. The van der Waals surface area contributed by atoms with Crippen LogP contribution >= 0.6 is 11.3 Å². The molecule has 106 valence electrons. The highest BCUT2D eigenvalue weighted by Gasteiger charge is 2.21. The summed E-state index contributed by atoms with van der Waals surface area (Å²) in [5.74, 6) is 1.92. The average molecular weight is 290 g/mol. The molecule has 0 aliphatic carbocycles. The van der Waals surface area contributed by atoms with Crippen molar-refractivity contribution in [2.75, 3.05) is 11.9 Å². The van der Waals surface area contributed by atoms with E-state index in [0.717, 1.165) is 28.6 Å². The number of rotatable bonds is 5. The van der Waals surface area contributed by atoms with Crippen LogP contribution in [0.2, 0.25) is 0 Å². The van der Waals surface area contributed by atoms with Crippen molar-refractivity contribution in [1.82, 2.24) is 4.98 Å². The third-order valence-corrected chi connectivity index (χ3v) is 3.97. The molecule has 2 heterocycles. The van der Waals surface area contributed by atoms with Gasteiger partial charge in [0.05, 0.1) is 6.61 Å². The highest BCUT2D eigenvalue weighted by molar-refractivity contribution is 7.13. The Balaban J connectivity index is 1.82. The Bertz CT molecular complexity index is 584. The summed E-state index contributed by atoms with van der Waals surface area (Å²) in [5, 5.41) is 6.19. The lowest BCUT2D eigenvalue weighted by Gasteiger charge is -2.13. The summed E-state index contributed by atoms with van der Waals surface area (Å²) in [7, 11) is 0. The zero-order valence-electron chi connectivity index (χ0n) is 11.7. The maximum Gasteiger partial charge on any atom is 0.182 e. The first-order valence-electron chi connectivity index (χ1n) is 6.85. The van der Waals surface area contributed by atoms with Gasteiger partial charge in [-0.1, -0.05) is 0 Å². The lowest BCUT2D eigenvalue weighted by Crippen LogP contribution is -2.05. The zero-order chi connectivity index (χ0) is 13.9. The number of benzene rings is 1. The van der Waals surface area contributed by atoms with Crippen molar-refractivity contribution in [3.63, 3.8) is 0 Å². The van der Waals surface area contributed by atoms with Crippen molar-refractivity contribution < 1.29 is 9.47 Å². The summed E-state index contributed by atoms with van der Waals surface area (Å²) < 4.78 is 11.6. The van der Waals surface area contributed by atoms with Crippen molar-refractivity contribution in [1.29, 1.82) is 0 Å². The monoisotopic (exact) mass is 290 g/mol. The summed E-state index contributed by atoms with van der Waals surface area (Å²) in [4.78, 5) is 4.23. The highest BCUT2D eigenvalue weighted by Crippen LogP contribution is 2.35. The first-order chi connectivity index (χ1) is 9.76. The molecular formula is C15H18N2O2S. The Kier molecular flexibility index (Phi) is 3.78. The molecule has 0 amide bonds. The second kappa shape index (κ2) is 5.71. The third-order valence-electron chi connectivity index (χ3n) is 3.24. The molecule has 0 spiro atoms. The van der Waals surface area contributed by atoms with Gasteiger partial charge in [-0.2, -0.15) is 0 Å². The standard InChI is InChI=1S/C15H18N2O2S/c1-3-18-13-7-11-6-10(2)19-14(11)8-12(13)9-17-15-16-4-5-20-15/h4-5,7-8,10H,3,6,9H2,1-2H3,(H,16,17). The van der Waals surface area contributed by atoms with Crippen LogP contribution in [0, 0.1) is 0 Å². The van der Waals surface area contributed by atoms with Crippen LogP contribution in [0.25, 0.3) is 0 Å². The molecule has 0 bridgehead atoms. The Labute approximate surface area is 122 Å². The Morgan fingerprint density at radius 3 is 3.15 bits per heavy atom. The minimum atomic E-state index is 0.252. The number of anilines is 1. The smallest absolute Gasteiger partial charge is 0.182 e. The molecule has 2 aromatic rings. The van der Waals surface area contributed by atoms with Crippen molar-refractivity contribution in [2.45, 2.75) is 32.9 Å². The van der Waals surface area contributed by atoms with Crippen molar-refractivity contribution in [3.8, 4) is 11.5 Å². The first-order valence-corrected chi connectivity index (χ1v) is 7.73. The predicted octanol–water partition coefficient (Wildman–Crippen LogP) is 3.48. The molecule has 1 aromatic carbocycles. The van der Waals surface area contributed by atoms with Crippen LogP contribution in [0.5, 0.6) is 11.5 Å². The Morgan fingerprint density at radius 2 is 2.40 bits per heavy atom. The average Bonchev–Trinajstić information content (AvgIpc) is 3.04. The van der Waals surface area contributed by atoms with Crippen molar-refractivity contribution in [3.05, 3.63) is 34.8 Å². The third kappa shape index (κ3) is 2.72. The number of ether oxygens (including phenoxy) is 2. The van der Waals surface area contributed by atoms with Gasteiger partial charge in [-0.05, 0) is 26.0 Å². The van der Waals surface area contributed by atoms with Crippen molar-refractivity contribution in [2.24, 2.45) is 0 Å². The normalized spacial score (nSPS) is 16.6. The molecule has 20 heavy (non-hydrogen) atoms. The second-order valence-corrected chi connectivity index (χ2v) is 5.72. The Morgan fingerprint density at radius 1 is 1.50 bits per heavy atom. The number of thiazole rings is 1. The predicted molar refractivity (Wildman–Crippen MR) is 80.8 cm³/mol. The lowest BCUT2D eigenvalue weighted by molar-refractivity contribution is 0.254. The van der Waals surface area contributed by atoms with E-state index in [1.165, 1.54) is 5.56 Å². The van der Waals surface area contributed by atoms with Crippen LogP contribution < -0.4 is 14.8 Å². The topological polar surface area (TPSA) is 43.4 Å². The summed E-state index contributed by atoms with van der Waals surface area (Å²) in [6, 6.07) is 4.20. The molecule has 4 nitrogen and oxygen atoms in total. The number of aromatic nitrogens is 1. The van der Waals surface area contributed by atoms with Gasteiger partial charge in [0.2, 0.25) is 0 Å². The number of fused-ring (bicyclic) bond motifs is 1. The van der Waals surface area contributed by atoms with Crippen molar-refractivity contribution >= 4 is 16.5 Å². The van der Waals surface area contributed by atoms with Gasteiger partial charge in [-0.25, -0.2) is 4.98 Å². The lowest BCUT2D eigenvalue weighted by atomic mass is 10.1. The first kappa shape index (κ1) is 13.2. The molecule has 0 saturated carbocycles. The van der Waals surface area contributed by atoms with E-state index < -0.39 is 0 Å².